The molecule has 0 bridgehead atoms. The van der Waals surface area contributed by atoms with Crippen LogP contribution in [0.1, 0.15) is 33.3 Å². The summed E-state index contributed by atoms with van der Waals surface area (Å²) in [5, 5.41) is 2.79. The van der Waals surface area contributed by atoms with Gasteiger partial charge in [-0.25, -0.2) is 4.98 Å². The van der Waals surface area contributed by atoms with Gasteiger partial charge < -0.3 is 23.9 Å². The van der Waals surface area contributed by atoms with Gasteiger partial charge in [-0.1, -0.05) is 30.3 Å². The summed E-state index contributed by atoms with van der Waals surface area (Å²) < 4.78 is 22.3. The number of ether oxygens (including phenoxy) is 3. The van der Waals surface area contributed by atoms with Gasteiger partial charge in [-0.3, -0.25) is 4.79 Å². The van der Waals surface area contributed by atoms with Crippen molar-refractivity contribution in [3.8, 4) is 17.2 Å². The van der Waals surface area contributed by atoms with Crippen LogP contribution in [-0.4, -0.2) is 25.1 Å². The number of benzene rings is 2. The van der Waals surface area contributed by atoms with E-state index in [0.717, 1.165) is 17.0 Å². The molecule has 7 nitrogen and oxygen atoms in total. The van der Waals surface area contributed by atoms with Gasteiger partial charge in [0, 0.05) is 5.56 Å². The van der Waals surface area contributed by atoms with E-state index < -0.39 is 0 Å². The quantitative estimate of drug-likeness (QED) is 0.623. The van der Waals surface area contributed by atoms with Crippen LogP contribution in [0.5, 0.6) is 17.2 Å². The fourth-order valence-electron chi connectivity index (χ4n) is 2.76. The van der Waals surface area contributed by atoms with Crippen LogP contribution >= 0.6 is 0 Å². The fourth-order valence-corrected chi connectivity index (χ4v) is 2.76. The van der Waals surface area contributed by atoms with Gasteiger partial charge >= 0.3 is 0 Å². The summed E-state index contributed by atoms with van der Waals surface area (Å²) in [6, 6.07) is 13.0. The van der Waals surface area contributed by atoms with Crippen molar-refractivity contribution in [2.75, 3.05) is 14.2 Å². The van der Waals surface area contributed by atoms with Crippen LogP contribution in [0.2, 0.25) is 0 Å². The number of carbonyl (C=O) groups is 1. The summed E-state index contributed by atoms with van der Waals surface area (Å²) in [4.78, 5) is 16.9. The molecule has 0 aliphatic carbocycles. The minimum absolute atomic E-state index is 0.185. The van der Waals surface area contributed by atoms with Crippen molar-refractivity contribution in [2.24, 2.45) is 0 Å². The Hall–Kier alpha value is -3.48. The fraction of sp³-hybridized carbons (Fsp3) is 0.273. The number of aromatic nitrogens is 1. The van der Waals surface area contributed by atoms with E-state index in [-0.39, 0.29) is 12.5 Å². The van der Waals surface area contributed by atoms with E-state index in [1.54, 1.807) is 12.1 Å². The second-order valence-electron chi connectivity index (χ2n) is 6.42. The third kappa shape index (κ3) is 4.87. The van der Waals surface area contributed by atoms with Crippen LogP contribution in [0.4, 0.5) is 0 Å². The molecule has 29 heavy (non-hydrogen) atoms. The highest BCUT2D eigenvalue weighted by Gasteiger charge is 2.18. The first-order chi connectivity index (χ1) is 14.0. The molecule has 1 heterocycles. The van der Waals surface area contributed by atoms with Gasteiger partial charge in [0.1, 0.15) is 12.4 Å². The van der Waals surface area contributed by atoms with Gasteiger partial charge in [-0.2, -0.15) is 0 Å². The Labute approximate surface area is 169 Å². The average molecular weight is 396 g/mol. The summed E-state index contributed by atoms with van der Waals surface area (Å²) in [5.74, 6) is 2.15. The molecule has 0 radical (unpaired) electrons. The molecular formula is C22H24N2O5. The Balaban J connectivity index is 1.76. The first-order valence-electron chi connectivity index (χ1n) is 9.15. The molecule has 2 aromatic carbocycles. The monoisotopic (exact) mass is 396 g/mol. The van der Waals surface area contributed by atoms with Gasteiger partial charge in [0.25, 0.3) is 5.91 Å². The summed E-state index contributed by atoms with van der Waals surface area (Å²) in [6.07, 6.45) is 0. The third-order valence-electron chi connectivity index (χ3n) is 4.42. The predicted molar refractivity (Wildman–Crippen MR) is 107 cm³/mol. The van der Waals surface area contributed by atoms with Gasteiger partial charge in [0.15, 0.2) is 11.5 Å². The van der Waals surface area contributed by atoms with E-state index in [2.05, 4.69) is 10.3 Å². The number of amides is 1. The highest BCUT2D eigenvalue weighted by atomic mass is 16.5. The molecule has 0 unspecified atom stereocenters. The zero-order chi connectivity index (χ0) is 20.8. The van der Waals surface area contributed by atoms with Gasteiger partial charge in [-0.15, -0.1) is 0 Å². The molecule has 152 valence electrons. The lowest BCUT2D eigenvalue weighted by Crippen LogP contribution is -2.23. The summed E-state index contributed by atoms with van der Waals surface area (Å²) >= 11 is 0. The number of hydrogen-bond acceptors (Lipinski definition) is 6. The number of methoxy groups -OCH3 is 2. The highest BCUT2D eigenvalue weighted by molar-refractivity contribution is 5.95. The van der Waals surface area contributed by atoms with E-state index in [9.17, 15) is 4.79 Å². The molecule has 0 spiro atoms. The Kier molecular flexibility index (Phi) is 6.39. The second-order valence-corrected chi connectivity index (χ2v) is 6.42. The molecule has 1 amide bonds. The molecule has 0 atom stereocenters. The zero-order valence-electron chi connectivity index (χ0n) is 16.9. The van der Waals surface area contributed by atoms with E-state index >= 15 is 0 Å². The van der Waals surface area contributed by atoms with E-state index in [1.807, 2.05) is 44.2 Å². The number of nitrogens with one attached hydrogen (secondary N) is 1. The maximum atomic E-state index is 12.6. The SMILES string of the molecule is COc1cc(C(=O)NCc2nc(C)c(C)o2)cc(OC)c1OCc1ccccc1. The minimum atomic E-state index is -0.301. The molecule has 0 aliphatic rings. The lowest BCUT2D eigenvalue weighted by molar-refractivity contribution is 0.0946. The molecule has 0 saturated heterocycles. The lowest BCUT2D eigenvalue weighted by atomic mass is 10.1. The van der Waals surface area contributed by atoms with Crippen molar-refractivity contribution in [2.45, 2.75) is 27.0 Å². The number of nitrogens with zero attached hydrogens (tertiary/aromatic N) is 1. The van der Waals surface area contributed by atoms with Crippen LogP contribution in [0.3, 0.4) is 0 Å². The van der Waals surface area contributed by atoms with Crippen LogP contribution in [0, 0.1) is 13.8 Å². The Morgan fingerprint density at radius 1 is 1.07 bits per heavy atom. The van der Waals surface area contributed by atoms with Crippen molar-refractivity contribution in [1.82, 2.24) is 10.3 Å². The van der Waals surface area contributed by atoms with Crippen molar-refractivity contribution in [1.29, 1.82) is 0 Å². The van der Waals surface area contributed by atoms with Crippen LogP contribution in [0.15, 0.2) is 46.9 Å². The van der Waals surface area contributed by atoms with Gasteiger partial charge in [0.05, 0.1) is 26.5 Å². The van der Waals surface area contributed by atoms with E-state index in [1.165, 1.54) is 14.2 Å². The minimum Gasteiger partial charge on any atom is -0.493 e. The molecule has 7 heteroatoms. The van der Waals surface area contributed by atoms with Crippen molar-refractivity contribution in [3.63, 3.8) is 0 Å². The number of hydrogen-bond donors (Lipinski definition) is 1. The first-order valence-corrected chi connectivity index (χ1v) is 9.15. The van der Waals surface area contributed by atoms with Crippen molar-refractivity contribution >= 4 is 5.91 Å². The number of aryl methyl sites for hydroxylation is 2. The topological polar surface area (TPSA) is 82.8 Å². The van der Waals surface area contributed by atoms with E-state index in [0.29, 0.717) is 35.3 Å². The summed E-state index contributed by atoms with van der Waals surface area (Å²) in [7, 11) is 3.04. The molecule has 3 aromatic rings. The Morgan fingerprint density at radius 3 is 2.28 bits per heavy atom. The molecule has 3 rings (SSSR count). The molecular weight excluding hydrogens is 372 g/mol. The van der Waals surface area contributed by atoms with Crippen LogP contribution < -0.4 is 19.5 Å². The van der Waals surface area contributed by atoms with Crippen LogP contribution in [-0.2, 0) is 13.2 Å². The number of rotatable bonds is 8. The summed E-state index contributed by atoms with van der Waals surface area (Å²) in [6.45, 7) is 4.22. The molecule has 1 N–H and O–H groups in total. The van der Waals surface area contributed by atoms with Gasteiger partial charge in [0.2, 0.25) is 11.6 Å². The second kappa shape index (κ2) is 9.14. The largest absolute Gasteiger partial charge is 0.493 e. The number of oxazole rings is 1. The highest BCUT2D eigenvalue weighted by Crippen LogP contribution is 2.39. The Morgan fingerprint density at radius 2 is 1.72 bits per heavy atom. The van der Waals surface area contributed by atoms with Crippen LogP contribution in [0.25, 0.3) is 0 Å². The third-order valence-corrected chi connectivity index (χ3v) is 4.42. The average Bonchev–Trinajstić information content (AvgIpc) is 3.07. The standard InChI is InChI=1S/C22H24N2O5/c1-14-15(2)29-20(24-14)12-23-22(25)17-10-18(26-3)21(19(11-17)27-4)28-13-16-8-6-5-7-9-16/h5-11H,12-13H2,1-4H3,(H,23,25). The zero-order valence-corrected chi connectivity index (χ0v) is 16.9. The molecule has 1 aromatic heterocycles. The van der Waals surface area contributed by atoms with E-state index in [4.69, 9.17) is 18.6 Å². The molecule has 0 saturated carbocycles. The normalized spacial score (nSPS) is 10.5. The molecule has 0 fully saturated rings. The molecule has 0 aliphatic heterocycles. The summed E-state index contributed by atoms with van der Waals surface area (Å²) in [5.41, 5.74) is 2.19. The lowest BCUT2D eigenvalue weighted by Gasteiger charge is -2.16. The number of carbonyl (C=O) groups excluding carboxylic acids is 1. The smallest absolute Gasteiger partial charge is 0.251 e. The van der Waals surface area contributed by atoms with Crippen molar-refractivity contribution < 1.29 is 23.4 Å². The maximum Gasteiger partial charge on any atom is 0.251 e. The van der Waals surface area contributed by atoms with Crippen molar-refractivity contribution in [3.05, 3.63) is 70.9 Å². The maximum absolute atomic E-state index is 12.6. The predicted octanol–water partition coefficient (Wildman–Crippen LogP) is 3.82. The Bertz CT molecular complexity index is 938. The van der Waals surface area contributed by atoms with Gasteiger partial charge in [-0.05, 0) is 31.5 Å². The first kappa shape index (κ1) is 20.3.